The molecule has 0 radical (unpaired) electrons. The van der Waals surface area contributed by atoms with E-state index in [0.29, 0.717) is 18.3 Å². The van der Waals surface area contributed by atoms with Gasteiger partial charge in [-0.05, 0) is 31.4 Å². The van der Waals surface area contributed by atoms with E-state index in [1.807, 2.05) is 19.1 Å². The van der Waals surface area contributed by atoms with Gasteiger partial charge >= 0.3 is 0 Å². The summed E-state index contributed by atoms with van der Waals surface area (Å²) in [5.74, 6) is 1.25. The van der Waals surface area contributed by atoms with Crippen LogP contribution in [0.25, 0.3) is 11.5 Å². The van der Waals surface area contributed by atoms with Crippen LogP contribution in [0.3, 0.4) is 0 Å². The summed E-state index contributed by atoms with van der Waals surface area (Å²) < 4.78 is 5.53. The molecular formula is C15H20N4O. The summed E-state index contributed by atoms with van der Waals surface area (Å²) in [6.45, 7) is 2.56. The molecule has 1 saturated carbocycles. The van der Waals surface area contributed by atoms with Crippen LogP contribution < -0.4 is 5.73 Å². The molecule has 106 valence electrons. The maximum Gasteiger partial charge on any atom is 0.234 e. The van der Waals surface area contributed by atoms with Crippen molar-refractivity contribution in [2.45, 2.75) is 44.4 Å². The van der Waals surface area contributed by atoms with Crippen LogP contribution in [0.15, 0.2) is 22.9 Å². The summed E-state index contributed by atoms with van der Waals surface area (Å²) in [5, 5.41) is 4.11. The zero-order valence-corrected chi connectivity index (χ0v) is 11.8. The lowest BCUT2D eigenvalue weighted by molar-refractivity contribution is 0.220. The van der Waals surface area contributed by atoms with Crippen molar-refractivity contribution in [3.63, 3.8) is 0 Å². The van der Waals surface area contributed by atoms with E-state index in [0.717, 1.165) is 24.1 Å². The number of pyridine rings is 1. The molecule has 1 fully saturated rings. The van der Waals surface area contributed by atoms with Gasteiger partial charge < -0.3 is 10.3 Å². The summed E-state index contributed by atoms with van der Waals surface area (Å²) >= 11 is 0. The molecule has 0 saturated heterocycles. The lowest BCUT2D eigenvalue weighted by atomic mass is 9.74. The molecule has 2 N–H and O–H groups in total. The molecule has 0 amide bonds. The first-order valence-electron chi connectivity index (χ1n) is 7.21. The van der Waals surface area contributed by atoms with E-state index in [4.69, 9.17) is 10.3 Å². The molecule has 0 aromatic carbocycles. The molecule has 1 aliphatic carbocycles. The van der Waals surface area contributed by atoms with Crippen molar-refractivity contribution < 1.29 is 4.52 Å². The van der Waals surface area contributed by atoms with Gasteiger partial charge in [0.1, 0.15) is 5.69 Å². The number of aryl methyl sites for hydroxylation is 1. The Morgan fingerprint density at radius 2 is 2.10 bits per heavy atom. The van der Waals surface area contributed by atoms with Crippen LogP contribution in [0.2, 0.25) is 0 Å². The summed E-state index contributed by atoms with van der Waals surface area (Å²) in [7, 11) is 0. The summed E-state index contributed by atoms with van der Waals surface area (Å²) in [6.07, 6.45) is 7.44. The van der Waals surface area contributed by atoms with Gasteiger partial charge in [-0.15, -0.1) is 0 Å². The molecule has 2 heterocycles. The van der Waals surface area contributed by atoms with E-state index < -0.39 is 0 Å². The number of hydrogen-bond acceptors (Lipinski definition) is 5. The molecule has 1 aliphatic rings. The fourth-order valence-corrected chi connectivity index (χ4v) is 2.99. The van der Waals surface area contributed by atoms with E-state index >= 15 is 0 Å². The number of nitrogens with zero attached hydrogens (tertiary/aromatic N) is 3. The molecule has 5 heteroatoms. The summed E-state index contributed by atoms with van der Waals surface area (Å²) in [5.41, 5.74) is 7.70. The largest absolute Gasteiger partial charge is 0.338 e. The minimum atomic E-state index is -0.133. The van der Waals surface area contributed by atoms with Gasteiger partial charge in [0.2, 0.25) is 11.7 Å². The Balaban J connectivity index is 1.95. The Morgan fingerprint density at radius 1 is 1.30 bits per heavy atom. The average molecular weight is 272 g/mol. The Bertz CT molecular complexity index is 587. The summed E-state index contributed by atoms with van der Waals surface area (Å²) in [4.78, 5) is 8.93. The van der Waals surface area contributed by atoms with Crippen LogP contribution in [0.4, 0.5) is 0 Å². The minimum absolute atomic E-state index is 0.133. The molecule has 3 rings (SSSR count). The van der Waals surface area contributed by atoms with Crippen molar-refractivity contribution in [3.8, 4) is 11.5 Å². The third kappa shape index (κ3) is 2.22. The number of hydrogen-bond donors (Lipinski definition) is 1. The van der Waals surface area contributed by atoms with E-state index in [1.54, 1.807) is 6.20 Å². The highest BCUT2D eigenvalue weighted by Gasteiger charge is 2.38. The molecule has 5 nitrogen and oxygen atoms in total. The maximum absolute atomic E-state index is 6.00. The van der Waals surface area contributed by atoms with Gasteiger partial charge in [-0.25, -0.2) is 0 Å². The monoisotopic (exact) mass is 272 g/mol. The first-order chi connectivity index (χ1) is 9.75. The van der Waals surface area contributed by atoms with E-state index in [9.17, 15) is 0 Å². The number of aromatic nitrogens is 3. The second-order valence-electron chi connectivity index (χ2n) is 5.64. The number of rotatable bonds is 3. The van der Waals surface area contributed by atoms with Crippen molar-refractivity contribution in [1.82, 2.24) is 15.1 Å². The molecule has 2 aromatic heterocycles. The first-order valence-corrected chi connectivity index (χ1v) is 7.21. The third-order valence-corrected chi connectivity index (χ3v) is 4.30. The zero-order chi connectivity index (χ0) is 14.0. The van der Waals surface area contributed by atoms with Crippen LogP contribution in [-0.4, -0.2) is 21.7 Å². The van der Waals surface area contributed by atoms with Crippen LogP contribution in [0.5, 0.6) is 0 Å². The SMILES string of the molecule is Cc1cccnc1-c1noc(C2(CN)CCCCC2)n1. The average Bonchev–Trinajstić information content (AvgIpc) is 2.98. The van der Waals surface area contributed by atoms with Crippen LogP contribution in [-0.2, 0) is 5.41 Å². The van der Waals surface area contributed by atoms with Gasteiger partial charge in [-0.2, -0.15) is 4.98 Å². The van der Waals surface area contributed by atoms with Gasteiger partial charge in [0.25, 0.3) is 0 Å². The van der Waals surface area contributed by atoms with Crippen molar-refractivity contribution in [1.29, 1.82) is 0 Å². The Kier molecular flexibility index (Phi) is 3.53. The standard InChI is InChI=1S/C15H20N4O/c1-11-6-5-9-17-12(11)13-18-14(20-19-13)15(10-16)7-3-2-4-8-15/h5-6,9H,2-4,7-8,10,16H2,1H3. The molecular weight excluding hydrogens is 252 g/mol. The quantitative estimate of drug-likeness (QED) is 0.929. The predicted octanol–water partition coefficient (Wildman–Crippen LogP) is 2.60. The molecule has 2 aromatic rings. The van der Waals surface area contributed by atoms with Gasteiger partial charge in [-0.3, -0.25) is 4.98 Å². The maximum atomic E-state index is 6.00. The van der Waals surface area contributed by atoms with Gasteiger partial charge in [0.15, 0.2) is 0 Å². The van der Waals surface area contributed by atoms with Crippen molar-refractivity contribution >= 4 is 0 Å². The molecule has 20 heavy (non-hydrogen) atoms. The third-order valence-electron chi connectivity index (χ3n) is 4.30. The van der Waals surface area contributed by atoms with Gasteiger partial charge in [0.05, 0.1) is 5.41 Å². The topological polar surface area (TPSA) is 77.8 Å². The fourth-order valence-electron chi connectivity index (χ4n) is 2.99. The molecule has 0 aliphatic heterocycles. The van der Waals surface area contributed by atoms with E-state index in [1.165, 1.54) is 19.3 Å². The van der Waals surface area contributed by atoms with Gasteiger partial charge in [0, 0.05) is 12.7 Å². The van der Waals surface area contributed by atoms with E-state index in [-0.39, 0.29) is 5.41 Å². The lowest BCUT2D eigenvalue weighted by Crippen LogP contribution is -2.37. The Labute approximate surface area is 118 Å². The van der Waals surface area contributed by atoms with Crippen molar-refractivity contribution in [3.05, 3.63) is 29.8 Å². The molecule has 0 unspecified atom stereocenters. The van der Waals surface area contributed by atoms with Crippen LogP contribution in [0.1, 0.15) is 43.6 Å². The van der Waals surface area contributed by atoms with Gasteiger partial charge in [-0.1, -0.05) is 30.5 Å². The second-order valence-corrected chi connectivity index (χ2v) is 5.64. The van der Waals surface area contributed by atoms with E-state index in [2.05, 4.69) is 15.1 Å². The smallest absolute Gasteiger partial charge is 0.234 e. The molecule has 0 bridgehead atoms. The lowest BCUT2D eigenvalue weighted by Gasteiger charge is -2.32. The van der Waals surface area contributed by atoms with Crippen molar-refractivity contribution in [2.24, 2.45) is 5.73 Å². The highest BCUT2D eigenvalue weighted by Crippen LogP contribution is 2.38. The Morgan fingerprint density at radius 3 is 2.80 bits per heavy atom. The predicted molar refractivity (Wildman–Crippen MR) is 76.1 cm³/mol. The molecule has 0 spiro atoms. The second kappa shape index (κ2) is 5.32. The Hall–Kier alpha value is -1.75. The van der Waals surface area contributed by atoms with Crippen LogP contribution >= 0.6 is 0 Å². The van der Waals surface area contributed by atoms with Crippen molar-refractivity contribution in [2.75, 3.05) is 6.54 Å². The summed E-state index contributed by atoms with van der Waals surface area (Å²) in [6, 6.07) is 3.90. The fraction of sp³-hybridized carbons (Fsp3) is 0.533. The highest BCUT2D eigenvalue weighted by atomic mass is 16.5. The minimum Gasteiger partial charge on any atom is -0.338 e. The zero-order valence-electron chi connectivity index (χ0n) is 11.8. The first kappa shape index (κ1) is 13.2. The number of nitrogens with two attached hydrogens (primary N) is 1. The molecule has 0 atom stereocenters. The normalized spacial score (nSPS) is 18.1. The van der Waals surface area contributed by atoms with Crippen LogP contribution in [0, 0.1) is 6.92 Å². The highest BCUT2D eigenvalue weighted by molar-refractivity contribution is 5.53.